The van der Waals surface area contributed by atoms with E-state index in [-0.39, 0.29) is 6.09 Å². The quantitative estimate of drug-likeness (QED) is 0.863. The van der Waals surface area contributed by atoms with Crippen LogP contribution in [0.2, 0.25) is 0 Å². The van der Waals surface area contributed by atoms with Gasteiger partial charge in [0.2, 0.25) is 0 Å². The summed E-state index contributed by atoms with van der Waals surface area (Å²) in [4.78, 5) is 16.2. The molecule has 1 amide bonds. The van der Waals surface area contributed by atoms with Gasteiger partial charge >= 0.3 is 6.09 Å². The summed E-state index contributed by atoms with van der Waals surface area (Å²) in [6.07, 6.45) is 7.35. The molecular formula is C16H29N3O2. The Morgan fingerprint density at radius 3 is 2.62 bits per heavy atom. The Morgan fingerprint density at radius 2 is 1.86 bits per heavy atom. The van der Waals surface area contributed by atoms with Gasteiger partial charge in [-0.2, -0.15) is 0 Å². The lowest BCUT2D eigenvalue weighted by Gasteiger charge is -2.39. The molecule has 3 heterocycles. The first-order valence-corrected chi connectivity index (χ1v) is 8.68. The van der Waals surface area contributed by atoms with E-state index in [4.69, 9.17) is 4.74 Å². The third-order valence-electron chi connectivity index (χ3n) is 5.31. The number of nitrogens with one attached hydrogen (secondary N) is 1. The Hall–Kier alpha value is -0.810. The molecule has 1 N–H and O–H groups in total. The van der Waals surface area contributed by atoms with Crippen LogP contribution in [0.15, 0.2) is 0 Å². The number of amides is 1. The first-order valence-electron chi connectivity index (χ1n) is 8.68. The Labute approximate surface area is 128 Å². The Bertz CT molecular complexity index is 355. The second kappa shape index (κ2) is 6.97. The Morgan fingerprint density at radius 1 is 1.10 bits per heavy atom. The molecule has 0 aliphatic carbocycles. The molecule has 0 aromatic heterocycles. The number of carbonyl (C=O) groups excluding carboxylic acids is 1. The topological polar surface area (TPSA) is 44.8 Å². The van der Waals surface area contributed by atoms with E-state index in [1.807, 2.05) is 11.8 Å². The van der Waals surface area contributed by atoms with E-state index in [2.05, 4.69) is 10.2 Å². The van der Waals surface area contributed by atoms with Crippen molar-refractivity contribution in [2.75, 3.05) is 32.8 Å². The van der Waals surface area contributed by atoms with Crippen molar-refractivity contribution >= 4 is 6.09 Å². The van der Waals surface area contributed by atoms with Crippen LogP contribution in [-0.2, 0) is 4.74 Å². The molecule has 120 valence electrons. The predicted molar refractivity (Wildman–Crippen MR) is 82.4 cm³/mol. The van der Waals surface area contributed by atoms with Gasteiger partial charge in [-0.3, -0.25) is 0 Å². The van der Waals surface area contributed by atoms with Crippen LogP contribution in [0.1, 0.15) is 45.4 Å². The van der Waals surface area contributed by atoms with E-state index < -0.39 is 0 Å². The molecule has 0 saturated carbocycles. The highest BCUT2D eigenvalue weighted by atomic mass is 16.6. The zero-order valence-electron chi connectivity index (χ0n) is 13.2. The molecule has 0 bridgehead atoms. The van der Waals surface area contributed by atoms with Crippen molar-refractivity contribution in [3.8, 4) is 0 Å². The summed E-state index contributed by atoms with van der Waals surface area (Å²) >= 11 is 0. The zero-order chi connectivity index (χ0) is 14.7. The lowest BCUT2D eigenvalue weighted by atomic mass is 9.95. The summed E-state index contributed by atoms with van der Waals surface area (Å²) in [5.74, 6) is 0. The van der Waals surface area contributed by atoms with Gasteiger partial charge in [0.05, 0.1) is 6.61 Å². The van der Waals surface area contributed by atoms with Crippen LogP contribution in [0.5, 0.6) is 0 Å². The molecule has 3 fully saturated rings. The molecule has 21 heavy (non-hydrogen) atoms. The number of ether oxygens (including phenoxy) is 1. The first-order chi connectivity index (χ1) is 10.3. The summed E-state index contributed by atoms with van der Waals surface area (Å²) in [6.45, 7) is 6.58. The van der Waals surface area contributed by atoms with Crippen LogP contribution in [0.25, 0.3) is 0 Å². The van der Waals surface area contributed by atoms with Gasteiger partial charge in [0.15, 0.2) is 0 Å². The largest absolute Gasteiger partial charge is 0.450 e. The van der Waals surface area contributed by atoms with Crippen LogP contribution in [0.4, 0.5) is 4.79 Å². The summed E-state index contributed by atoms with van der Waals surface area (Å²) in [5, 5.41) is 3.86. The molecule has 3 rings (SSSR count). The van der Waals surface area contributed by atoms with Gasteiger partial charge in [-0.1, -0.05) is 0 Å². The van der Waals surface area contributed by atoms with Crippen molar-refractivity contribution in [2.45, 2.75) is 63.6 Å². The predicted octanol–water partition coefficient (Wildman–Crippen LogP) is 1.82. The maximum Gasteiger partial charge on any atom is 0.409 e. The van der Waals surface area contributed by atoms with E-state index in [1.54, 1.807) is 0 Å². The van der Waals surface area contributed by atoms with Crippen LogP contribution < -0.4 is 5.32 Å². The summed E-state index contributed by atoms with van der Waals surface area (Å²) in [6, 6.07) is 2.09. The van der Waals surface area contributed by atoms with E-state index in [9.17, 15) is 4.79 Å². The van der Waals surface area contributed by atoms with Crippen molar-refractivity contribution < 1.29 is 9.53 Å². The number of hydrogen-bond acceptors (Lipinski definition) is 4. The molecule has 3 aliphatic rings. The number of fused-ring (bicyclic) bond motifs is 1. The lowest BCUT2D eigenvalue weighted by molar-refractivity contribution is 0.0913. The van der Waals surface area contributed by atoms with Crippen molar-refractivity contribution in [3.05, 3.63) is 0 Å². The number of nitrogens with zero attached hydrogens (tertiary/aromatic N) is 2. The van der Waals surface area contributed by atoms with Crippen molar-refractivity contribution in [1.29, 1.82) is 0 Å². The molecule has 3 aliphatic heterocycles. The number of likely N-dealkylation sites (tertiary alicyclic amines) is 1. The number of carbonyl (C=O) groups is 1. The normalized spacial score (nSPS) is 31.2. The average Bonchev–Trinajstić information content (AvgIpc) is 2.96. The van der Waals surface area contributed by atoms with Gasteiger partial charge in [-0.25, -0.2) is 4.79 Å². The number of rotatable bonds is 3. The van der Waals surface area contributed by atoms with Crippen LogP contribution >= 0.6 is 0 Å². The average molecular weight is 295 g/mol. The highest BCUT2D eigenvalue weighted by molar-refractivity contribution is 5.67. The molecule has 3 saturated heterocycles. The molecule has 0 radical (unpaired) electrons. The zero-order valence-corrected chi connectivity index (χ0v) is 13.2. The monoisotopic (exact) mass is 295 g/mol. The molecule has 5 nitrogen and oxygen atoms in total. The van der Waals surface area contributed by atoms with Gasteiger partial charge in [0.25, 0.3) is 0 Å². The highest BCUT2D eigenvalue weighted by Crippen LogP contribution is 2.27. The fourth-order valence-electron chi connectivity index (χ4n) is 4.15. The number of piperidine rings is 2. The second-order valence-corrected chi connectivity index (χ2v) is 6.68. The smallest absolute Gasteiger partial charge is 0.409 e. The van der Waals surface area contributed by atoms with Crippen molar-refractivity contribution in [2.24, 2.45) is 0 Å². The lowest BCUT2D eigenvalue weighted by Crippen LogP contribution is -2.52. The Kier molecular flexibility index (Phi) is 5.01. The van der Waals surface area contributed by atoms with Gasteiger partial charge < -0.3 is 19.9 Å². The fourth-order valence-corrected chi connectivity index (χ4v) is 4.15. The van der Waals surface area contributed by atoms with E-state index in [0.29, 0.717) is 18.7 Å². The van der Waals surface area contributed by atoms with Crippen LogP contribution in [-0.4, -0.2) is 66.8 Å². The van der Waals surface area contributed by atoms with Crippen molar-refractivity contribution in [1.82, 2.24) is 15.1 Å². The first kappa shape index (κ1) is 15.1. The minimum absolute atomic E-state index is 0.143. The summed E-state index contributed by atoms with van der Waals surface area (Å²) in [5.41, 5.74) is 0. The standard InChI is InChI=1S/C16H29N3O2/c1-2-21-16(20)19-10-5-13(6-11-19)17-14-7-9-18-8-3-4-15(18)12-14/h13-15,17H,2-12H2,1H3. The molecule has 5 heteroatoms. The number of hydrogen-bond donors (Lipinski definition) is 1. The maximum atomic E-state index is 11.7. The van der Waals surface area contributed by atoms with E-state index in [0.717, 1.165) is 32.0 Å². The highest BCUT2D eigenvalue weighted by Gasteiger charge is 2.33. The molecule has 0 aromatic carbocycles. The third kappa shape index (κ3) is 3.69. The summed E-state index contributed by atoms with van der Waals surface area (Å²) in [7, 11) is 0. The van der Waals surface area contributed by atoms with E-state index >= 15 is 0 Å². The van der Waals surface area contributed by atoms with Gasteiger partial charge in [0, 0.05) is 31.2 Å². The van der Waals surface area contributed by atoms with Crippen LogP contribution in [0, 0.1) is 0 Å². The third-order valence-corrected chi connectivity index (χ3v) is 5.31. The van der Waals surface area contributed by atoms with Gasteiger partial charge in [0.1, 0.15) is 0 Å². The van der Waals surface area contributed by atoms with Gasteiger partial charge in [-0.15, -0.1) is 0 Å². The fraction of sp³-hybridized carbons (Fsp3) is 0.938. The molecule has 0 aromatic rings. The SMILES string of the molecule is CCOC(=O)N1CCC(NC2CCN3CCCC3C2)CC1. The minimum atomic E-state index is -0.143. The summed E-state index contributed by atoms with van der Waals surface area (Å²) < 4.78 is 5.07. The maximum absolute atomic E-state index is 11.7. The van der Waals surface area contributed by atoms with Crippen LogP contribution in [0.3, 0.4) is 0 Å². The molecular weight excluding hydrogens is 266 g/mol. The Balaban J connectivity index is 1.40. The van der Waals surface area contributed by atoms with E-state index in [1.165, 1.54) is 38.8 Å². The van der Waals surface area contributed by atoms with Crippen molar-refractivity contribution in [3.63, 3.8) is 0 Å². The van der Waals surface area contributed by atoms with Gasteiger partial charge in [-0.05, 0) is 58.5 Å². The second-order valence-electron chi connectivity index (χ2n) is 6.68. The molecule has 0 spiro atoms. The minimum Gasteiger partial charge on any atom is -0.450 e. The molecule has 2 unspecified atom stereocenters. The molecule has 2 atom stereocenters.